The van der Waals surface area contributed by atoms with E-state index in [1.54, 1.807) is 7.11 Å². The number of aryl methyl sites for hydroxylation is 1. The van der Waals surface area contributed by atoms with Gasteiger partial charge in [-0.25, -0.2) is 0 Å². The number of nitrogens with zero attached hydrogens (tertiary/aromatic N) is 2. The van der Waals surface area contributed by atoms with Crippen LogP contribution in [-0.4, -0.2) is 43.6 Å². The van der Waals surface area contributed by atoms with Gasteiger partial charge in [0.05, 0.1) is 13.2 Å². The minimum Gasteiger partial charge on any atom is -0.497 e. The fourth-order valence-electron chi connectivity index (χ4n) is 4.03. The zero-order chi connectivity index (χ0) is 17.2. The van der Waals surface area contributed by atoms with Gasteiger partial charge in [-0.2, -0.15) is 0 Å². The summed E-state index contributed by atoms with van der Waals surface area (Å²) in [7, 11) is 1.67. The number of carbonyl (C=O) groups excluding carboxylic acids is 1. The van der Waals surface area contributed by atoms with Crippen molar-refractivity contribution in [2.75, 3.05) is 31.6 Å². The van der Waals surface area contributed by atoms with Crippen LogP contribution in [0.2, 0.25) is 0 Å². The van der Waals surface area contributed by atoms with Crippen LogP contribution >= 0.6 is 0 Å². The number of benzene rings is 2. The van der Waals surface area contributed by atoms with Gasteiger partial charge in [0.2, 0.25) is 5.91 Å². The minimum atomic E-state index is 0.262. The maximum atomic E-state index is 12.7. The molecule has 0 aromatic heterocycles. The second-order valence-electron chi connectivity index (χ2n) is 6.87. The highest BCUT2D eigenvalue weighted by molar-refractivity contribution is 5.77. The van der Waals surface area contributed by atoms with E-state index in [4.69, 9.17) is 4.74 Å². The fourth-order valence-corrected chi connectivity index (χ4v) is 4.03. The third-order valence-electron chi connectivity index (χ3n) is 5.35. The predicted molar refractivity (Wildman–Crippen MR) is 99.2 cm³/mol. The molecular weight excluding hydrogens is 312 g/mol. The van der Waals surface area contributed by atoms with Crippen molar-refractivity contribution in [3.05, 3.63) is 59.7 Å². The molecular formula is C21H24N2O2. The molecule has 4 nitrogen and oxygen atoms in total. The molecule has 0 bridgehead atoms. The Morgan fingerprint density at radius 2 is 2.04 bits per heavy atom. The summed E-state index contributed by atoms with van der Waals surface area (Å²) in [4.78, 5) is 17.2. The number of anilines is 1. The standard InChI is InChI=1S/C21H24N2O2/c1-25-19-7-4-5-16(13-19)9-10-21(24)22-11-12-23-18(15-22)14-17-6-2-3-8-20(17)23/h2-8,13,18H,9-12,14-15H2,1H3. The van der Waals surface area contributed by atoms with Gasteiger partial charge in [0.1, 0.15) is 5.75 Å². The van der Waals surface area contributed by atoms with Crippen molar-refractivity contribution >= 4 is 11.6 Å². The van der Waals surface area contributed by atoms with Gasteiger partial charge in [-0.05, 0) is 42.2 Å². The first-order valence-corrected chi connectivity index (χ1v) is 9.00. The van der Waals surface area contributed by atoms with Crippen molar-refractivity contribution in [3.63, 3.8) is 0 Å². The van der Waals surface area contributed by atoms with Crippen molar-refractivity contribution in [1.82, 2.24) is 4.90 Å². The summed E-state index contributed by atoms with van der Waals surface area (Å²) in [6.07, 6.45) is 2.38. The summed E-state index contributed by atoms with van der Waals surface area (Å²) < 4.78 is 5.26. The number of rotatable bonds is 4. The SMILES string of the molecule is COc1cccc(CCC(=O)N2CCN3c4ccccc4CC3C2)c1. The average molecular weight is 336 g/mol. The van der Waals surface area contributed by atoms with Crippen LogP contribution in [0.25, 0.3) is 0 Å². The van der Waals surface area contributed by atoms with Gasteiger partial charge in [0.15, 0.2) is 0 Å². The molecule has 1 fully saturated rings. The first-order chi connectivity index (χ1) is 12.2. The molecule has 2 aliphatic rings. The highest BCUT2D eigenvalue weighted by atomic mass is 16.5. The molecule has 0 spiro atoms. The molecule has 1 saturated heterocycles. The van der Waals surface area contributed by atoms with Crippen LogP contribution in [0, 0.1) is 0 Å². The van der Waals surface area contributed by atoms with E-state index in [9.17, 15) is 4.79 Å². The van der Waals surface area contributed by atoms with Crippen molar-refractivity contribution in [1.29, 1.82) is 0 Å². The third kappa shape index (κ3) is 3.21. The molecule has 2 aromatic carbocycles. The quantitative estimate of drug-likeness (QED) is 0.861. The van der Waals surface area contributed by atoms with Crippen LogP contribution in [0.3, 0.4) is 0 Å². The Labute approximate surface area is 149 Å². The van der Waals surface area contributed by atoms with Crippen LogP contribution in [0.1, 0.15) is 17.5 Å². The maximum absolute atomic E-state index is 12.7. The molecule has 0 aliphatic carbocycles. The molecule has 1 atom stereocenters. The predicted octanol–water partition coefficient (Wildman–Crippen LogP) is 2.90. The Bertz CT molecular complexity index is 774. The number of piperazine rings is 1. The van der Waals surface area contributed by atoms with Crippen LogP contribution in [-0.2, 0) is 17.6 Å². The normalized spacial score (nSPS) is 18.7. The first-order valence-electron chi connectivity index (χ1n) is 9.00. The Hall–Kier alpha value is -2.49. The highest BCUT2D eigenvalue weighted by Gasteiger charge is 2.35. The Balaban J connectivity index is 1.35. The summed E-state index contributed by atoms with van der Waals surface area (Å²) in [5.74, 6) is 1.11. The lowest BCUT2D eigenvalue weighted by molar-refractivity contribution is -0.131. The molecule has 0 saturated carbocycles. The van der Waals surface area contributed by atoms with Crippen molar-refractivity contribution in [2.24, 2.45) is 0 Å². The number of para-hydroxylation sites is 1. The zero-order valence-corrected chi connectivity index (χ0v) is 14.6. The van der Waals surface area contributed by atoms with E-state index in [1.807, 2.05) is 23.1 Å². The van der Waals surface area contributed by atoms with Gasteiger partial charge in [-0.1, -0.05) is 30.3 Å². The first kappa shape index (κ1) is 16.0. The topological polar surface area (TPSA) is 32.8 Å². The van der Waals surface area contributed by atoms with Gasteiger partial charge >= 0.3 is 0 Å². The summed E-state index contributed by atoms with van der Waals surface area (Å²) in [5, 5.41) is 0. The number of hydrogen-bond acceptors (Lipinski definition) is 3. The summed E-state index contributed by atoms with van der Waals surface area (Å²) in [5.41, 5.74) is 3.92. The molecule has 4 heteroatoms. The molecule has 130 valence electrons. The minimum absolute atomic E-state index is 0.262. The van der Waals surface area contributed by atoms with E-state index in [1.165, 1.54) is 11.3 Å². The number of methoxy groups -OCH3 is 1. The second kappa shape index (κ2) is 6.79. The molecule has 0 N–H and O–H groups in total. The third-order valence-corrected chi connectivity index (χ3v) is 5.35. The lowest BCUT2D eigenvalue weighted by atomic mass is 10.1. The van der Waals surface area contributed by atoms with E-state index < -0.39 is 0 Å². The Morgan fingerprint density at radius 1 is 1.16 bits per heavy atom. The molecule has 0 radical (unpaired) electrons. The van der Waals surface area contributed by atoms with Crippen LogP contribution < -0.4 is 9.64 Å². The van der Waals surface area contributed by atoms with Gasteiger partial charge in [-0.15, -0.1) is 0 Å². The number of carbonyl (C=O) groups is 1. The average Bonchev–Trinajstić information content (AvgIpc) is 3.04. The van der Waals surface area contributed by atoms with Crippen LogP contribution in [0.15, 0.2) is 48.5 Å². The molecule has 2 aromatic rings. The van der Waals surface area contributed by atoms with Gasteiger partial charge in [0, 0.05) is 31.7 Å². The van der Waals surface area contributed by atoms with Crippen LogP contribution in [0.4, 0.5) is 5.69 Å². The Kier molecular flexibility index (Phi) is 4.35. The Morgan fingerprint density at radius 3 is 2.92 bits per heavy atom. The van der Waals surface area contributed by atoms with Gasteiger partial charge in [0.25, 0.3) is 0 Å². The molecule has 25 heavy (non-hydrogen) atoms. The van der Waals surface area contributed by atoms with Gasteiger partial charge in [-0.3, -0.25) is 4.79 Å². The number of fused-ring (bicyclic) bond motifs is 3. The van der Waals surface area contributed by atoms with Crippen molar-refractivity contribution < 1.29 is 9.53 Å². The highest BCUT2D eigenvalue weighted by Crippen LogP contribution is 2.33. The fraction of sp³-hybridized carbons (Fsp3) is 0.381. The molecule has 1 unspecified atom stereocenters. The van der Waals surface area contributed by atoms with E-state index >= 15 is 0 Å². The monoisotopic (exact) mass is 336 g/mol. The molecule has 1 amide bonds. The summed E-state index contributed by atoms with van der Waals surface area (Å²) in [6, 6.07) is 17.0. The number of ether oxygens (including phenoxy) is 1. The second-order valence-corrected chi connectivity index (χ2v) is 6.87. The van der Waals surface area contributed by atoms with E-state index in [0.717, 1.165) is 43.8 Å². The van der Waals surface area contributed by atoms with Crippen molar-refractivity contribution in [2.45, 2.75) is 25.3 Å². The number of hydrogen-bond donors (Lipinski definition) is 0. The van der Waals surface area contributed by atoms with Gasteiger partial charge < -0.3 is 14.5 Å². The summed E-state index contributed by atoms with van der Waals surface area (Å²) in [6.45, 7) is 2.60. The molecule has 2 aliphatic heterocycles. The lowest BCUT2D eigenvalue weighted by Crippen LogP contribution is -2.53. The number of amides is 1. The maximum Gasteiger partial charge on any atom is 0.223 e. The molecule has 4 rings (SSSR count). The smallest absolute Gasteiger partial charge is 0.223 e. The van der Waals surface area contributed by atoms with Crippen molar-refractivity contribution in [3.8, 4) is 5.75 Å². The zero-order valence-electron chi connectivity index (χ0n) is 14.6. The van der Waals surface area contributed by atoms with E-state index in [-0.39, 0.29) is 5.91 Å². The van der Waals surface area contributed by atoms with E-state index in [2.05, 4.69) is 35.2 Å². The largest absolute Gasteiger partial charge is 0.497 e. The lowest BCUT2D eigenvalue weighted by Gasteiger charge is -2.39. The van der Waals surface area contributed by atoms with Crippen LogP contribution in [0.5, 0.6) is 5.75 Å². The molecule has 2 heterocycles. The van der Waals surface area contributed by atoms with E-state index in [0.29, 0.717) is 12.5 Å². The summed E-state index contributed by atoms with van der Waals surface area (Å²) >= 11 is 0.